The third-order valence-corrected chi connectivity index (χ3v) is 6.22. The molecule has 0 amide bonds. The predicted molar refractivity (Wildman–Crippen MR) is 88.7 cm³/mol. The summed E-state index contributed by atoms with van der Waals surface area (Å²) >= 11 is 2.06. The number of thioether (sulfide) groups is 1. The lowest BCUT2D eigenvalue weighted by atomic mass is 10.2. The molecule has 1 aromatic carbocycles. The molecule has 0 radical (unpaired) electrons. The van der Waals surface area contributed by atoms with Gasteiger partial charge < -0.3 is 4.74 Å². The molecule has 7 heteroatoms. The van der Waals surface area contributed by atoms with Crippen molar-refractivity contribution in [2.45, 2.75) is 23.8 Å². The Labute approximate surface area is 136 Å². The Balaban J connectivity index is 1.50. The van der Waals surface area contributed by atoms with Gasteiger partial charge in [-0.25, -0.2) is 13.6 Å². The molecule has 0 aromatic heterocycles. The van der Waals surface area contributed by atoms with Crippen LogP contribution in [0.5, 0.6) is 5.75 Å². The van der Waals surface area contributed by atoms with Crippen molar-refractivity contribution in [3.63, 3.8) is 0 Å². The van der Waals surface area contributed by atoms with Crippen LogP contribution in [0.15, 0.2) is 29.2 Å². The van der Waals surface area contributed by atoms with Gasteiger partial charge >= 0.3 is 0 Å². The van der Waals surface area contributed by atoms with Crippen LogP contribution in [0.2, 0.25) is 0 Å². The lowest BCUT2D eigenvalue weighted by Gasteiger charge is -2.35. The smallest absolute Gasteiger partial charge is 0.238 e. The van der Waals surface area contributed by atoms with Crippen LogP contribution in [-0.4, -0.2) is 50.6 Å². The monoisotopic (exact) mass is 342 g/mol. The maximum Gasteiger partial charge on any atom is 0.238 e. The minimum absolute atomic E-state index is 0.113. The quantitative estimate of drug-likeness (QED) is 0.849. The number of nitrogens with zero attached hydrogens (tertiary/aromatic N) is 1. The van der Waals surface area contributed by atoms with Crippen molar-refractivity contribution in [3.05, 3.63) is 24.3 Å². The van der Waals surface area contributed by atoms with E-state index in [1.807, 2.05) is 0 Å². The zero-order chi connectivity index (χ0) is 15.6. The van der Waals surface area contributed by atoms with Gasteiger partial charge in [0.15, 0.2) is 0 Å². The molecule has 2 N–H and O–H groups in total. The van der Waals surface area contributed by atoms with Crippen LogP contribution < -0.4 is 9.88 Å². The Kier molecular flexibility index (Phi) is 4.97. The summed E-state index contributed by atoms with van der Waals surface area (Å²) in [6.07, 6.45) is 2.75. The molecular weight excluding hydrogens is 320 g/mol. The normalized spacial score (nSPS) is 23.4. The van der Waals surface area contributed by atoms with E-state index >= 15 is 0 Å². The number of nitrogens with two attached hydrogens (primary N) is 1. The highest BCUT2D eigenvalue weighted by Gasteiger charge is 2.36. The Morgan fingerprint density at radius 1 is 1.27 bits per heavy atom. The summed E-state index contributed by atoms with van der Waals surface area (Å²) < 4.78 is 28.1. The molecule has 5 nitrogen and oxygen atoms in total. The largest absolute Gasteiger partial charge is 0.492 e. The molecule has 1 unspecified atom stereocenters. The molecule has 1 saturated carbocycles. The molecule has 2 aliphatic rings. The topological polar surface area (TPSA) is 72.6 Å². The van der Waals surface area contributed by atoms with Crippen LogP contribution in [0.1, 0.15) is 12.8 Å². The number of hydrogen-bond donors (Lipinski definition) is 1. The number of primary sulfonamides is 1. The van der Waals surface area contributed by atoms with Crippen molar-refractivity contribution in [1.29, 1.82) is 0 Å². The lowest BCUT2D eigenvalue weighted by Crippen LogP contribution is -2.45. The van der Waals surface area contributed by atoms with Crippen LogP contribution >= 0.6 is 11.8 Å². The van der Waals surface area contributed by atoms with Crippen molar-refractivity contribution in [3.8, 4) is 5.75 Å². The molecule has 1 aliphatic carbocycles. The molecule has 2 fully saturated rings. The molecule has 0 spiro atoms. The Hall–Kier alpha value is -0.760. The highest BCUT2D eigenvalue weighted by atomic mass is 32.2. The van der Waals surface area contributed by atoms with Crippen molar-refractivity contribution in [1.82, 2.24) is 4.90 Å². The van der Waals surface area contributed by atoms with Gasteiger partial charge in [-0.3, -0.25) is 4.90 Å². The van der Waals surface area contributed by atoms with E-state index in [9.17, 15) is 8.42 Å². The van der Waals surface area contributed by atoms with Gasteiger partial charge in [0.2, 0.25) is 10.0 Å². The average molecular weight is 342 g/mol. The Morgan fingerprint density at radius 2 is 2.00 bits per heavy atom. The molecule has 1 aromatic rings. The summed E-state index contributed by atoms with van der Waals surface area (Å²) in [7, 11) is -3.63. The first-order valence-electron chi connectivity index (χ1n) is 7.61. The van der Waals surface area contributed by atoms with Gasteiger partial charge in [-0.15, -0.1) is 0 Å². The van der Waals surface area contributed by atoms with E-state index in [0.717, 1.165) is 19.0 Å². The SMILES string of the molecule is NS(=O)(=O)c1ccc(OCCN2CCSCC2C2CC2)cc1. The molecule has 1 atom stereocenters. The second-order valence-electron chi connectivity index (χ2n) is 5.88. The molecule has 122 valence electrons. The highest BCUT2D eigenvalue weighted by Crippen LogP contribution is 2.38. The Morgan fingerprint density at radius 3 is 2.64 bits per heavy atom. The second kappa shape index (κ2) is 6.78. The molecule has 0 bridgehead atoms. The zero-order valence-electron chi connectivity index (χ0n) is 12.5. The third-order valence-electron chi connectivity index (χ3n) is 4.25. The van der Waals surface area contributed by atoms with Gasteiger partial charge in [0.05, 0.1) is 4.90 Å². The van der Waals surface area contributed by atoms with Gasteiger partial charge in [0, 0.05) is 30.6 Å². The minimum atomic E-state index is -3.63. The fourth-order valence-electron chi connectivity index (χ4n) is 2.86. The van der Waals surface area contributed by atoms with Crippen molar-refractivity contribution >= 4 is 21.8 Å². The van der Waals surface area contributed by atoms with Crippen LogP contribution in [0.3, 0.4) is 0 Å². The molecule has 1 heterocycles. The number of benzene rings is 1. The lowest BCUT2D eigenvalue weighted by molar-refractivity contribution is 0.161. The fourth-order valence-corrected chi connectivity index (χ4v) is 4.63. The average Bonchev–Trinajstić information content (AvgIpc) is 3.32. The van der Waals surface area contributed by atoms with Gasteiger partial charge in [0.1, 0.15) is 12.4 Å². The molecule has 22 heavy (non-hydrogen) atoms. The molecular formula is C15H22N2O3S2. The summed E-state index contributed by atoms with van der Waals surface area (Å²) in [6.45, 7) is 2.70. The third kappa shape index (κ3) is 4.16. The summed E-state index contributed by atoms with van der Waals surface area (Å²) in [6, 6.07) is 6.99. The van der Waals surface area contributed by atoms with Crippen LogP contribution in [0.25, 0.3) is 0 Å². The maximum atomic E-state index is 11.2. The molecule has 1 aliphatic heterocycles. The predicted octanol–water partition coefficient (Wildman–Crippen LogP) is 1.54. The van der Waals surface area contributed by atoms with Crippen LogP contribution in [0, 0.1) is 5.92 Å². The number of rotatable bonds is 6. The summed E-state index contributed by atoms with van der Waals surface area (Å²) in [4.78, 5) is 2.66. The summed E-state index contributed by atoms with van der Waals surface area (Å²) in [5, 5.41) is 5.08. The van der Waals surface area contributed by atoms with E-state index in [0.29, 0.717) is 18.4 Å². The second-order valence-corrected chi connectivity index (χ2v) is 8.59. The van der Waals surface area contributed by atoms with E-state index in [-0.39, 0.29) is 4.90 Å². The van der Waals surface area contributed by atoms with E-state index in [1.54, 1.807) is 12.1 Å². The molecule has 3 rings (SSSR count). The van der Waals surface area contributed by atoms with E-state index < -0.39 is 10.0 Å². The first-order chi connectivity index (χ1) is 10.5. The minimum Gasteiger partial charge on any atom is -0.492 e. The van der Waals surface area contributed by atoms with Crippen LogP contribution in [-0.2, 0) is 10.0 Å². The van der Waals surface area contributed by atoms with Gasteiger partial charge in [-0.05, 0) is 43.0 Å². The number of sulfonamides is 1. The molecule has 1 saturated heterocycles. The van der Waals surface area contributed by atoms with E-state index in [4.69, 9.17) is 9.88 Å². The number of ether oxygens (including phenoxy) is 1. The summed E-state index contributed by atoms with van der Waals surface area (Å²) in [5.74, 6) is 4.02. The van der Waals surface area contributed by atoms with E-state index in [2.05, 4.69) is 16.7 Å². The van der Waals surface area contributed by atoms with Gasteiger partial charge in [0.25, 0.3) is 0 Å². The van der Waals surface area contributed by atoms with Crippen molar-refractivity contribution < 1.29 is 13.2 Å². The Bertz CT molecular complexity index is 600. The van der Waals surface area contributed by atoms with Crippen molar-refractivity contribution in [2.75, 3.05) is 31.2 Å². The number of hydrogen-bond acceptors (Lipinski definition) is 5. The van der Waals surface area contributed by atoms with Crippen LogP contribution in [0.4, 0.5) is 0 Å². The van der Waals surface area contributed by atoms with E-state index in [1.165, 1.54) is 36.5 Å². The first-order valence-corrected chi connectivity index (χ1v) is 10.3. The fraction of sp³-hybridized carbons (Fsp3) is 0.600. The first kappa shape index (κ1) is 16.1. The van der Waals surface area contributed by atoms with Gasteiger partial charge in [-0.1, -0.05) is 0 Å². The van der Waals surface area contributed by atoms with Crippen molar-refractivity contribution in [2.24, 2.45) is 11.1 Å². The maximum absolute atomic E-state index is 11.2. The highest BCUT2D eigenvalue weighted by molar-refractivity contribution is 7.99. The van der Waals surface area contributed by atoms with Gasteiger partial charge in [-0.2, -0.15) is 11.8 Å². The zero-order valence-corrected chi connectivity index (χ0v) is 14.1. The standard InChI is InChI=1S/C15H22N2O3S2/c16-22(18,19)14-5-3-13(4-6-14)20-9-7-17-8-10-21-11-15(17)12-1-2-12/h3-6,12,15H,1-2,7-11H2,(H2,16,18,19). The summed E-state index contributed by atoms with van der Waals surface area (Å²) in [5.41, 5.74) is 0.